The predicted octanol–water partition coefficient (Wildman–Crippen LogP) is 8.81. The lowest BCUT2D eigenvalue weighted by atomic mass is 9.86. The Balaban J connectivity index is 1.76. The minimum atomic E-state index is 0.127. The number of benzene rings is 3. The molecule has 0 aliphatic rings. The molecule has 2 heteroatoms. The van der Waals surface area contributed by atoms with Gasteiger partial charge in [-0.25, -0.2) is 0 Å². The number of nitrogens with zero attached hydrogens (tertiary/aromatic N) is 2. The number of hydrogen-bond donors (Lipinski definition) is 0. The van der Waals surface area contributed by atoms with Gasteiger partial charge >= 0.3 is 0 Å². The summed E-state index contributed by atoms with van der Waals surface area (Å²) >= 11 is 0. The highest BCUT2D eigenvalue weighted by atomic mass is 15.1. The first kappa shape index (κ1) is 22.8. The van der Waals surface area contributed by atoms with Crippen LogP contribution >= 0.6 is 0 Å². The molecule has 0 aliphatic carbocycles. The minimum Gasteiger partial charge on any atom is -0.311 e. The zero-order valence-electron chi connectivity index (χ0n) is 20.6. The maximum atomic E-state index is 4.49. The van der Waals surface area contributed by atoms with E-state index in [4.69, 9.17) is 0 Å². The van der Waals surface area contributed by atoms with Gasteiger partial charge in [-0.05, 0) is 70.5 Å². The second-order valence-electron chi connectivity index (χ2n) is 10.7. The maximum Gasteiger partial charge on any atom is 0.0701 e. The summed E-state index contributed by atoms with van der Waals surface area (Å²) in [5.74, 6) is 0. The second-order valence-corrected chi connectivity index (χ2v) is 10.7. The molecule has 1 aromatic heterocycles. The molecule has 4 aromatic rings. The van der Waals surface area contributed by atoms with E-state index < -0.39 is 0 Å². The van der Waals surface area contributed by atoms with Crippen molar-refractivity contribution in [2.45, 2.75) is 52.4 Å². The van der Waals surface area contributed by atoms with Gasteiger partial charge in [0.15, 0.2) is 0 Å². The van der Waals surface area contributed by atoms with Gasteiger partial charge in [-0.3, -0.25) is 4.98 Å². The molecule has 0 fully saturated rings. The van der Waals surface area contributed by atoms with Crippen LogP contribution in [0.5, 0.6) is 0 Å². The third kappa shape index (κ3) is 5.17. The van der Waals surface area contributed by atoms with Crippen molar-refractivity contribution in [3.05, 3.63) is 108 Å². The van der Waals surface area contributed by atoms with Gasteiger partial charge in [-0.15, -0.1) is 0 Å². The van der Waals surface area contributed by atoms with Crippen LogP contribution in [-0.4, -0.2) is 4.98 Å². The molecule has 2 nitrogen and oxygen atoms in total. The summed E-state index contributed by atoms with van der Waals surface area (Å²) in [7, 11) is 0. The lowest BCUT2D eigenvalue weighted by Gasteiger charge is -2.28. The Labute approximate surface area is 199 Å². The number of anilines is 3. The number of hydrogen-bond acceptors (Lipinski definition) is 2. The smallest absolute Gasteiger partial charge is 0.0701 e. The molecule has 0 radical (unpaired) electrons. The van der Waals surface area contributed by atoms with E-state index in [1.807, 2.05) is 24.4 Å². The van der Waals surface area contributed by atoms with Gasteiger partial charge in [-0.1, -0.05) is 84.0 Å². The quantitative estimate of drug-likeness (QED) is 0.319. The van der Waals surface area contributed by atoms with E-state index in [-0.39, 0.29) is 10.8 Å². The van der Waals surface area contributed by atoms with Crippen LogP contribution in [0.3, 0.4) is 0 Å². The van der Waals surface area contributed by atoms with E-state index in [1.165, 1.54) is 11.1 Å². The van der Waals surface area contributed by atoms with Gasteiger partial charge in [-0.2, -0.15) is 0 Å². The molecule has 0 amide bonds. The van der Waals surface area contributed by atoms with E-state index in [1.54, 1.807) is 0 Å². The van der Waals surface area contributed by atoms with Crippen LogP contribution in [0.4, 0.5) is 17.1 Å². The Morgan fingerprint density at radius 2 is 0.939 bits per heavy atom. The van der Waals surface area contributed by atoms with Crippen molar-refractivity contribution >= 4 is 17.1 Å². The zero-order chi connectivity index (χ0) is 23.6. The average molecular weight is 435 g/mol. The van der Waals surface area contributed by atoms with Crippen LogP contribution in [0, 0.1) is 0 Å². The van der Waals surface area contributed by atoms with Crippen molar-refractivity contribution in [2.24, 2.45) is 0 Å². The Morgan fingerprint density at radius 3 is 1.30 bits per heavy atom. The third-order valence-corrected chi connectivity index (χ3v) is 6.07. The van der Waals surface area contributed by atoms with Crippen molar-refractivity contribution in [1.29, 1.82) is 0 Å². The van der Waals surface area contributed by atoms with Crippen molar-refractivity contribution in [2.75, 3.05) is 4.90 Å². The first-order valence-corrected chi connectivity index (χ1v) is 11.7. The van der Waals surface area contributed by atoms with Gasteiger partial charge < -0.3 is 4.90 Å². The van der Waals surface area contributed by atoms with Crippen LogP contribution in [0.1, 0.15) is 52.7 Å². The monoisotopic (exact) mass is 434 g/mol. The van der Waals surface area contributed by atoms with Crippen molar-refractivity contribution < 1.29 is 0 Å². The fourth-order valence-corrected chi connectivity index (χ4v) is 3.98. The van der Waals surface area contributed by atoms with E-state index in [0.29, 0.717) is 0 Å². The van der Waals surface area contributed by atoms with Crippen LogP contribution < -0.4 is 4.90 Å². The van der Waals surface area contributed by atoms with E-state index in [9.17, 15) is 0 Å². The molecule has 33 heavy (non-hydrogen) atoms. The summed E-state index contributed by atoms with van der Waals surface area (Å²) in [5.41, 5.74) is 8.45. The Hall–Kier alpha value is -3.39. The van der Waals surface area contributed by atoms with Crippen molar-refractivity contribution in [3.8, 4) is 11.3 Å². The fourth-order valence-electron chi connectivity index (χ4n) is 3.98. The molecule has 168 valence electrons. The van der Waals surface area contributed by atoms with Gasteiger partial charge in [0, 0.05) is 28.8 Å². The van der Waals surface area contributed by atoms with Gasteiger partial charge in [0.2, 0.25) is 0 Å². The Bertz CT molecular complexity index is 1120. The predicted molar refractivity (Wildman–Crippen MR) is 142 cm³/mol. The summed E-state index contributed by atoms with van der Waals surface area (Å²) in [4.78, 5) is 6.81. The van der Waals surface area contributed by atoms with E-state index in [2.05, 4.69) is 124 Å². The third-order valence-electron chi connectivity index (χ3n) is 6.07. The molecule has 0 unspecified atom stereocenters. The van der Waals surface area contributed by atoms with E-state index >= 15 is 0 Å². The van der Waals surface area contributed by atoms with Crippen LogP contribution in [0.25, 0.3) is 11.3 Å². The number of rotatable bonds is 4. The van der Waals surface area contributed by atoms with E-state index in [0.717, 1.165) is 28.3 Å². The molecule has 0 saturated heterocycles. The summed E-state index contributed by atoms with van der Waals surface area (Å²) < 4.78 is 0. The lowest BCUT2D eigenvalue weighted by molar-refractivity contribution is 0.590. The number of aromatic nitrogens is 1. The normalized spacial score (nSPS) is 11.9. The molecule has 1 heterocycles. The Kier molecular flexibility index (Phi) is 6.12. The molecule has 0 bridgehead atoms. The van der Waals surface area contributed by atoms with Gasteiger partial charge in [0.1, 0.15) is 0 Å². The van der Waals surface area contributed by atoms with Crippen LogP contribution in [0.2, 0.25) is 0 Å². The molecular weight excluding hydrogens is 400 g/mol. The standard InChI is InChI=1S/C31H34N2/c1-30(2,3)24-12-18-27(19-13-24)33(28-20-14-25(15-21-28)31(4,5)6)26-16-10-23(11-17-26)29-9-7-8-22-32-29/h7-22H,1-6H3. The SMILES string of the molecule is CC(C)(C)c1ccc(N(c2ccc(-c3ccccn3)cc2)c2ccc(C(C)(C)C)cc2)cc1. The number of pyridine rings is 1. The summed E-state index contributed by atoms with van der Waals surface area (Å²) in [6.45, 7) is 13.5. The molecule has 0 N–H and O–H groups in total. The molecule has 0 saturated carbocycles. The molecule has 4 rings (SSSR count). The highest BCUT2D eigenvalue weighted by molar-refractivity contribution is 5.78. The van der Waals surface area contributed by atoms with Crippen LogP contribution in [-0.2, 0) is 10.8 Å². The molecular formula is C31H34N2. The minimum absolute atomic E-state index is 0.127. The highest BCUT2D eigenvalue weighted by Crippen LogP contribution is 2.37. The van der Waals surface area contributed by atoms with Crippen molar-refractivity contribution in [1.82, 2.24) is 4.98 Å². The lowest BCUT2D eigenvalue weighted by Crippen LogP contribution is -2.14. The molecule has 0 atom stereocenters. The van der Waals surface area contributed by atoms with Crippen LogP contribution in [0.15, 0.2) is 97.2 Å². The van der Waals surface area contributed by atoms with Gasteiger partial charge in [0.25, 0.3) is 0 Å². The summed E-state index contributed by atoms with van der Waals surface area (Å²) in [5, 5.41) is 0. The Morgan fingerprint density at radius 1 is 0.515 bits per heavy atom. The van der Waals surface area contributed by atoms with Gasteiger partial charge in [0.05, 0.1) is 5.69 Å². The molecule has 0 spiro atoms. The topological polar surface area (TPSA) is 16.1 Å². The summed E-state index contributed by atoms with van der Waals surface area (Å²) in [6, 6.07) is 32.6. The molecule has 0 aliphatic heterocycles. The highest BCUT2D eigenvalue weighted by Gasteiger charge is 2.18. The first-order chi connectivity index (χ1) is 15.6. The summed E-state index contributed by atoms with van der Waals surface area (Å²) in [6.07, 6.45) is 1.84. The largest absolute Gasteiger partial charge is 0.311 e. The molecule has 3 aromatic carbocycles. The second kappa shape index (κ2) is 8.86. The average Bonchev–Trinajstić information content (AvgIpc) is 2.80. The maximum absolute atomic E-state index is 4.49. The fraction of sp³-hybridized carbons (Fsp3) is 0.258. The van der Waals surface area contributed by atoms with Crippen molar-refractivity contribution in [3.63, 3.8) is 0 Å². The zero-order valence-corrected chi connectivity index (χ0v) is 20.6. The first-order valence-electron chi connectivity index (χ1n) is 11.7.